The first kappa shape index (κ1) is 14.0. The summed E-state index contributed by atoms with van der Waals surface area (Å²) < 4.78 is 7.20. The van der Waals surface area contributed by atoms with Crippen molar-refractivity contribution in [1.29, 1.82) is 0 Å². The van der Waals surface area contributed by atoms with Gasteiger partial charge in [-0.15, -0.1) is 11.3 Å². The Kier molecular flexibility index (Phi) is 3.71. The topological polar surface area (TPSA) is 36.9 Å². The fourth-order valence-electron chi connectivity index (χ4n) is 4.08. The van der Waals surface area contributed by atoms with E-state index < -0.39 is 0 Å². The number of nitrogens with one attached hydrogen (secondary N) is 1. The van der Waals surface area contributed by atoms with Gasteiger partial charge in [-0.1, -0.05) is 0 Å². The highest BCUT2D eigenvalue weighted by Gasteiger charge is 2.53. The van der Waals surface area contributed by atoms with Gasteiger partial charge in [-0.25, -0.2) is 0 Å². The van der Waals surface area contributed by atoms with Crippen LogP contribution in [0.5, 0.6) is 0 Å². The molecule has 0 spiro atoms. The number of thiophene rings is 1. The molecular formula is C15H20BrN3OS. The molecule has 1 aromatic heterocycles. The lowest BCUT2D eigenvalue weighted by Crippen LogP contribution is -2.40. The maximum atomic E-state index is 6.04. The first-order valence-corrected chi connectivity index (χ1v) is 9.26. The number of ether oxygens (including phenoxy) is 1. The van der Waals surface area contributed by atoms with Gasteiger partial charge in [-0.3, -0.25) is 4.99 Å². The quantitative estimate of drug-likeness (QED) is 0.643. The first-order chi connectivity index (χ1) is 10.2. The molecule has 3 fully saturated rings. The number of halogens is 1. The molecule has 4 nitrogen and oxygen atoms in total. The molecule has 4 atom stereocenters. The van der Waals surface area contributed by atoms with E-state index in [1.54, 1.807) is 11.3 Å². The van der Waals surface area contributed by atoms with Crippen LogP contribution in [0.2, 0.25) is 0 Å². The number of hydrogen-bond acceptors (Lipinski definition) is 3. The molecular weight excluding hydrogens is 350 g/mol. The number of rotatable bonds is 2. The van der Waals surface area contributed by atoms with Gasteiger partial charge in [0.25, 0.3) is 0 Å². The molecule has 0 amide bonds. The van der Waals surface area contributed by atoms with Crippen molar-refractivity contribution in [3.05, 3.63) is 20.8 Å². The zero-order valence-corrected chi connectivity index (χ0v) is 14.5. The molecule has 0 radical (unpaired) electrons. The van der Waals surface area contributed by atoms with Crippen LogP contribution in [0.4, 0.5) is 0 Å². The zero-order valence-electron chi connectivity index (χ0n) is 12.1. The summed E-state index contributed by atoms with van der Waals surface area (Å²) in [6.45, 7) is 3.04. The maximum Gasteiger partial charge on any atom is 0.193 e. The fourth-order valence-corrected chi connectivity index (χ4v) is 5.47. The molecule has 4 unspecified atom stereocenters. The van der Waals surface area contributed by atoms with E-state index in [0.29, 0.717) is 12.2 Å². The van der Waals surface area contributed by atoms with Crippen molar-refractivity contribution in [3.8, 4) is 0 Å². The van der Waals surface area contributed by atoms with Crippen LogP contribution < -0.4 is 5.32 Å². The summed E-state index contributed by atoms with van der Waals surface area (Å²) in [5.74, 6) is 2.48. The molecule has 3 saturated heterocycles. The highest BCUT2D eigenvalue weighted by molar-refractivity contribution is 9.10. The second kappa shape index (κ2) is 5.56. The molecule has 4 rings (SSSR count). The lowest BCUT2D eigenvalue weighted by atomic mass is 9.82. The van der Waals surface area contributed by atoms with E-state index in [9.17, 15) is 0 Å². The Hall–Kier alpha value is -0.590. The van der Waals surface area contributed by atoms with Gasteiger partial charge in [-0.05, 0) is 34.8 Å². The lowest BCUT2D eigenvalue weighted by molar-refractivity contribution is 0.0767. The second-order valence-corrected chi connectivity index (χ2v) is 8.07. The minimum atomic E-state index is 0.511. The molecule has 0 aliphatic carbocycles. The summed E-state index contributed by atoms with van der Waals surface area (Å²) >= 11 is 5.27. The fraction of sp³-hybridized carbons (Fsp3) is 0.667. The molecule has 1 N–H and O–H groups in total. The average Bonchev–Trinajstić information content (AvgIpc) is 3.20. The molecule has 3 aliphatic heterocycles. The highest BCUT2D eigenvalue weighted by atomic mass is 79.9. The molecule has 4 heterocycles. The van der Waals surface area contributed by atoms with Crippen LogP contribution >= 0.6 is 27.3 Å². The largest absolute Gasteiger partial charge is 0.374 e. The van der Waals surface area contributed by atoms with Crippen LogP contribution in [0.15, 0.2) is 20.9 Å². The third kappa shape index (κ3) is 2.51. The van der Waals surface area contributed by atoms with E-state index in [4.69, 9.17) is 4.74 Å². The van der Waals surface area contributed by atoms with Crippen LogP contribution in [0, 0.1) is 11.8 Å². The Morgan fingerprint density at radius 3 is 2.71 bits per heavy atom. The van der Waals surface area contributed by atoms with Gasteiger partial charge >= 0.3 is 0 Å². The van der Waals surface area contributed by atoms with E-state index in [-0.39, 0.29) is 0 Å². The van der Waals surface area contributed by atoms with Crippen molar-refractivity contribution in [2.24, 2.45) is 16.8 Å². The summed E-state index contributed by atoms with van der Waals surface area (Å²) in [5, 5.41) is 5.63. The van der Waals surface area contributed by atoms with Crippen molar-refractivity contribution >= 4 is 33.2 Å². The van der Waals surface area contributed by atoms with E-state index in [1.165, 1.54) is 17.7 Å². The number of likely N-dealkylation sites (tertiary alicyclic amines) is 1. The normalized spacial score (nSPS) is 34.6. The van der Waals surface area contributed by atoms with Gasteiger partial charge in [-0.2, -0.15) is 0 Å². The number of guanidine groups is 1. The van der Waals surface area contributed by atoms with Crippen LogP contribution in [0.3, 0.4) is 0 Å². The van der Waals surface area contributed by atoms with Gasteiger partial charge in [0.15, 0.2) is 5.96 Å². The minimum Gasteiger partial charge on any atom is -0.374 e. The van der Waals surface area contributed by atoms with Gasteiger partial charge < -0.3 is 15.0 Å². The molecule has 0 aromatic carbocycles. The standard InChI is InChI=1S/C15H20BrN3OS/c1-17-15(18-5-10-4-9(16)8-21-10)19-6-11-12(7-19)14-3-2-13(11)20-14/h4,8,11-14H,2-3,5-7H2,1H3,(H,17,18). The summed E-state index contributed by atoms with van der Waals surface area (Å²) in [5.41, 5.74) is 0. The van der Waals surface area contributed by atoms with Crippen LogP contribution in [-0.4, -0.2) is 43.2 Å². The Morgan fingerprint density at radius 1 is 1.43 bits per heavy atom. The molecule has 0 saturated carbocycles. The summed E-state index contributed by atoms with van der Waals surface area (Å²) in [7, 11) is 1.88. The average molecular weight is 370 g/mol. The molecule has 3 aliphatic rings. The zero-order chi connectivity index (χ0) is 14.4. The molecule has 6 heteroatoms. The predicted octanol–water partition coefficient (Wildman–Crippen LogP) is 2.70. The van der Waals surface area contributed by atoms with Gasteiger partial charge in [0, 0.05) is 46.7 Å². The van der Waals surface area contributed by atoms with Crippen LogP contribution in [-0.2, 0) is 11.3 Å². The first-order valence-electron chi connectivity index (χ1n) is 7.58. The third-order valence-electron chi connectivity index (χ3n) is 5.01. The highest BCUT2D eigenvalue weighted by Crippen LogP contribution is 2.47. The summed E-state index contributed by atoms with van der Waals surface area (Å²) in [6.07, 6.45) is 3.54. The monoisotopic (exact) mass is 369 g/mol. The number of nitrogens with zero attached hydrogens (tertiary/aromatic N) is 2. The Bertz CT molecular complexity index is 543. The molecule has 2 bridgehead atoms. The van der Waals surface area contributed by atoms with E-state index in [0.717, 1.165) is 41.9 Å². The Morgan fingerprint density at radius 2 is 2.14 bits per heavy atom. The van der Waals surface area contributed by atoms with Crippen LogP contribution in [0.1, 0.15) is 17.7 Å². The summed E-state index contributed by atoms with van der Waals surface area (Å²) in [4.78, 5) is 8.22. The number of fused-ring (bicyclic) bond motifs is 5. The van der Waals surface area contributed by atoms with Crippen molar-refractivity contribution in [1.82, 2.24) is 10.2 Å². The van der Waals surface area contributed by atoms with Gasteiger partial charge in [0.1, 0.15) is 0 Å². The van der Waals surface area contributed by atoms with Crippen molar-refractivity contribution in [3.63, 3.8) is 0 Å². The van der Waals surface area contributed by atoms with Crippen molar-refractivity contribution in [2.45, 2.75) is 31.6 Å². The van der Waals surface area contributed by atoms with E-state index in [2.05, 4.69) is 42.6 Å². The second-order valence-electron chi connectivity index (χ2n) is 6.16. The number of hydrogen-bond donors (Lipinski definition) is 1. The third-order valence-corrected chi connectivity index (χ3v) is 6.70. The van der Waals surface area contributed by atoms with E-state index >= 15 is 0 Å². The SMILES string of the molecule is CN=C(NCc1cc(Br)cs1)N1CC2C3CCC(O3)C2C1. The Labute approximate surface area is 137 Å². The minimum absolute atomic E-state index is 0.511. The lowest BCUT2D eigenvalue weighted by Gasteiger charge is -2.23. The summed E-state index contributed by atoms with van der Waals surface area (Å²) in [6, 6.07) is 2.16. The van der Waals surface area contributed by atoms with Gasteiger partial charge in [0.2, 0.25) is 0 Å². The molecule has 1 aromatic rings. The molecule has 21 heavy (non-hydrogen) atoms. The number of aliphatic imine (C=N–C) groups is 1. The molecule has 114 valence electrons. The van der Waals surface area contributed by atoms with Crippen LogP contribution in [0.25, 0.3) is 0 Å². The maximum absolute atomic E-state index is 6.04. The van der Waals surface area contributed by atoms with Gasteiger partial charge in [0.05, 0.1) is 18.8 Å². The van der Waals surface area contributed by atoms with Crippen molar-refractivity contribution < 1.29 is 4.74 Å². The Balaban J connectivity index is 1.39. The van der Waals surface area contributed by atoms with E-state index in [1.807, 2.05) is 7.05 Å². The predicted molar refractivity (Wildman–Crippen MR) is 88.7 cm³/mol. The van der Waals surface area contributed by atoms with Crippen molar-refractivity contribution in [2.75, 3.05) is 20.1 Å². The smallest absolute Gasteiger partial charge is 0.193 e.